The summed E-state index contributed by atoms with van der Waals surface area (Å²) in [6.07, 6.45) is 0. The molecule has 2 aromatic rings. The minimum absolute atomic E-state index is 0.711. The van der Waals surface area contributed by atoms with Crippen LogP contribution in [0, 0.1) is 6.92 Å². The van der Waals surface area contributed by atoms with Crippen molar-refractivity contribution in [2.45, 2.75) is 20.0 Å². The first-order valence-electron chi connectivity index (χ1n) is 5.63. The maximum Gasteiger partial charge on any atom is 0.123 e. The Morgan fingerprint density at radius 3 is 2.89 bits per heavy atom. The lowest BCUT2D eigenvalue weighted by atomic mass is 10.2. The molecule has 1 heterocycles. The van der Waals surface area contributed by atoms with Crippen molar-refractivity contribution in [3.63, 3.8) is 0 Å². The van der Waals surface area contributed by atoms with Crippen molar-refractivity contribution in [3.05, 3.63) is 44.9 Å². The third-order valence-electron chi connectivity index (χ3n) is 2.50. The monoisotopic (exact) mass is 282 g/mol. The van der Waals surface area contributed by atoms with Crippen LogP contribution in [0.25, 0.3) is 0 Å². The molecule has 0 radical (unpaired) electrons. The molecule has 5 heteroatoms. The van der Waals surface area contributed by atoms with Crippen molar-refractivity contribution in [1.29, 1.82) is 0 Å². The predicted molar refractivity (Wildman–Crippen MR) is 75.4 cm³/mol. The highest BCUT2D eigenvalue weighted by atomic mass is 35.5. The minimum atomic E-state index is 0.711. The van der Waals surface area contributed by atoms with E-state index in [1.165, 1.54) is 0 Å². The molecule has 0 unspecified atom stereocenters. The Kier molecular flexibility index (Phi) is 4.58. The third kappa shape index (κ3) is 3.45. The fourth-order valence-electron chi connectivity index (χ4n) is 1.67. The zero-order chi connectivity index (χ0) is 13.0. The van der Waals surface area contributed by atoms with Crippen LogP contribution in [-0.2, 0) is 13.1 Å². The van der Waals surface area contributed by atoms with Crippen molar-refractivity contribution in [2.75, 3.05) is 7.11 Å². The van der Waals surface area contributed by atoms with E-state index in [9.17, 15) is 0 Å². The smallest absolute Gasteiger partial charge is 0.123 e. The van der Waals surface area contributed by atoms with Crippen molar-refractivity contribution >= 4 is 22.9 Å². The molecule has 1 N–H and O–H groups in total. The second-order valence-corrected chi connectivity index (χ2v) is 5.32. The minimum Gasteiger partial charge on any atom is -0.496 e. The molecule has 18 heavy (non-hydrogen) atoms. The van der Waals surface area contributed by atoms with E-state index in [0.29, 0.717) is 6.54 Å². The summed E-state index contributed by atoms with van der Waals surface area (Å²) >= 11 is 7.65. The average Bonchev–Trinajstić information content (AvgIpc) is 2.75. The molecule has 0 amide bonds. The van der Waals surface area contributed by atoms with Crippen LogP contribution in [0.1, 0.15) is 16.3 Å². The lowest BCUT2D eigenvalue weighted by Gasteiger charge is -2.09. The number of nitrogens with one attached hydrogen (secondary N) is 1. The zero-order valence-corrected chi connectivity index (χ0v) is 11.9. The van der Waals surface area contributed by atoms with Crippen LogP contribution in [0.15, 0.2) is 23.6 Å². The molecule has 0 spiro atoms. The average molecular weight is 283 g/mol. The molecule has 0 atom stereocenters. The number of aromatic nitrogens is 1. The summed E-state index contributed by atoms with van der Waals surface area (Å²) in [5.74, 6) is 0.849. The summed E-state index contributed by atoms with van der Waals surface area (Å²) in [6.45, 7) is 3.47. The molecular formula is C13H15ClN2OS. The first kappa shape index (κ1) is 13.3. The van der Waals surface area contributed by atoms with Gasteiger partial charge in [-0.15, -0.1) is 11.3 Å². The van der Waals surface area contributed by atoms with Gasteiger partial charge in [0.1, 0.15) is 10.8 Å². The van der Waals surface area contributed by atoms with Crippen LogP contribution in [0.4, 0.5) is 0 Å². The molecule has 0 aliphatic carbocycles. The second-order valence-electron chi connectivity index (χ2n) is 3.94. The van der Waals surface area contributed by atoms with Gasteiger partial charge in [0.15, 0.2) is 0 Å². The standard InChI is InChI=1S/C13H15ClN2OS/c1-9-8-18-13(16-9)7-15-6-10-5-11(14)3-4-12(10)17-2/h3-5,8,15H,6-7H2,1-2H3. The molecule has 2 rings (SSSR count). The molecule has 96 valence electrons. The van der Waals surface area contributed by atoms with E-state index in [2.05, 4.69) is 15.7 Å². The topological polar surface area (TPSA) is 34.1 Å². The predicted octanol–water partition coefficient (Wildman–Crippen LogP) is 3.40. The maximum absolute atomic E-state index is 5.98. The number of rotatable bonds is 5. The van der Waals surface area contributed by atoms with Crippen molar-refractivity contribution in [3.8, 4) is 5.75 Å². The largest absolute Gasteiger partial charge is 0.496 e. The van der Waals surface area contributed by atoms with Crippen LogP contribution in [0.5, 0.6) is 5.75 Å². The summed E-state index contributed by atoms with van der Waals surface area (Å²) in [5, 5.41) is 7.21. The molecule has 0 aliphatic heterocycles. The number of hydrogen-bond donors (Lipinski definition) is 1. The van der Waals surface area contributed by atoms with E-state index >= 15 is 0 Å². The lowest BCUT2D eigenvalue weighted by Crippen LogP contribution is -2.13. The number of benzene rings is 1. The molecule has 0 aliphatic rings. The molecule has 1 aromatic heterocycles. The van der Waals surface area contributed by atoms with Gasteiger partial charge in [0.2, 0.25) is 0 Å². The molecular weight excluding hydrogens is 268 g/mol. The highest BCUT2D eigenvalue weighted by Crippen LogP contribution is 2.22. The van der Waals surface area contributed by atoms with E-state index in [-0.39, 0.29) is 0 Å². The fraction of sp³-hybridized carbons (Fsp3) is 0.308. The molecule has 1 aromatic carbocycles. The third-order valence-corrected chi connectivity index (χ3v) is 3.70. The van der Waals surface area contributed by atoms with Crippen LogP contribution in [0.3, 0.4) is 0 Å². The molecule has 0 fully saturated rings. The van der Waals surface area contributed by atoms with E-state index in [4.69, 9.17) is 16.3 Å². The van der Waals surface area contributed by atoms with Gasteiger partial charge in [-0.25, -0.2) is 4.98 Å². The van der Waals surface area contributed by atoms with Crippen LogP contribution in [-0.4, -0.2) is 12.1 Å². The number of hydrogen-bond acceptors (Lipinski definition) is 4. The summed E-state index contributed by atoms with van der Waals surface area (Å²) in [4.78, 5) is 4.40. The quantitative estimate of drug-likeness (QED) is 0.913. The zero-order valence-electron chi connectivity index (χ0n) is 10.4. The Morgan fingerprint density at radius 1 is 1.39 bits per heavy atom. The van der Waals surface area contributed by atoms with Gasteiger partial charge in [-0.1, -0.05) is 11.6 Å². The van der Waals surface area contributed by atoms with Gasteiger partial charge in [-0.2, -0.15) is 0 Å². The highest BCUT2D eigenvalue weighted by Gasteiger charge is 2.04. The van der Waals surface area contributed by atoms with Crippen LogP contribution >= 0.6 is 22.9 Å². The van der Waals surface area contributed by atoms with Crippen molar-refractivity contribution in [2.24, 2.45) is 0 Å². The van der Waals surface area contributed by atoms with Gasteiger partial charge in [0, 0.05) is 34.7 Å². The molecule has 0 saturated heterocycles. The maximum atomic E-state index is 5.98. The summed E-state index contributed by atoms with van der Waals surface area (Å²) in [7, 11) is 1.66. The van der Waals surface area contributed by atoms with Gasteiger partial charge in [-0.05, 0) is 25.1 Å². The van der Waals surface area contributed by atoms with Gasteiger partial charge >= 0.3 is 0 Å². The summed E-state index contributed by atoms with van der Waals surface area (Å²) in [5.41, 5.74) is 2.12. The Balaban J connectivity index is 1.95. The van der Waals surface area contributed by atoms with Gasteiger partial charge in [0.05, 0.1) is 7.11 Å². The highest BCUT2D eigenvalue weighted by molar-refractivity contribution is 7.09. The Bertz CT molecular complexity index is 527. The number of nitrogens with zero attached hydrogens (tertiary/aromatic N) is 1. The van der Waals surface area contributed by atoms with E-state index in [1.807, 2.05) is 25.1 Å². The Morgan fingerprint density at radius 2 is 2.22 bits per heavy atom. The van der Waals surface area contributed by atoms with Gasteiger partial charge in [-0.3, -0.25) is 0 Å². The first-order chi connectivity index (χ1) is 8.69. The number of halogens is 1. The van der Waals surface area contributed by atoms with Gasteiger partial charge < -0.3 is 10.1 Å². The molecule has 3 nitrogen and oxygen atoms in total. The summed E-state index contributed by atoms with van der Waals surface area (Å²) < 4.78 is 5.30. The Labute approximate surface area is 116 Å². The SMILES string of the molecule is COc1ccc(Cl)cc1CNCc1nc(C)cs1. The first-order valence-corrected chi connectivity index (χ1v) is 6.89. The van der Waals surface area contributed by atoms with E-state index in [0.717, 1.165) is 33.6 Å². The fourth-order valence-corrected chi connectivity index (χ4v) is 2.61. The molecule has 0 bridgehead atoms. The van der Waals surface area contributed by atoms with Crippen molar-refractivity contribution < 1.29 is 4.74 Å². The number of methoxy groups -OCH3 is 1. The normalized spacial score (nSPS) is 10.6. The van der Waals surface area contributed by atoms with Crippen LogP contribution < -0.4 is 10.1 Å². The second kappa shape index (κ2) is 6.18. The van der Waals surface area contributed by atoms with Gasteiger partial charge in [0.25, 0.3) is 0 Å². The van der Waals surface area contributed by atoms with Crippen LogP contribution in [0.2, 0.25) is 5.02 Å². The Hall–Kier alpha value is -1.10. The molecule has 0 saturated carbocycles. The van der Waals surface area contributed by atoms with E-state index < -0.39 is 0 Å². The van der Waals surface area contributed by atoms with Crippen molar-refractivity contribution in [1.82, 2.24) is 10.3 Å². The number of thiazole rings is 1. The lowest BCUT2D eigenvalue weighted by molar-refractivity contribution is 0.407. The van der Waals surface area contributed by atoms with E-state index in [1.54, 1.807) is 18.4 Å². The number of aryl methyl sites for hydroxylation is 1. The number of ether oxygens (including phenoxy) is 1. The summed E-state index contributed by atoms with van der Waals surface area (Å²) in [6, 6.07) is 5.63.